The molecule has 0 heterocycles. The first kappa shape index (κ1) is 21.7. The molecule has 1 aromatic carbocycles. The largest absolute Gasteiger partial charge is 0.277 e. The van der Waals surface area contributed by atoms with Crippen LogP contribution in [0.15, 0.2) is 22.1 Å². The quantitative estimate of drug-likeness (QED) is 0.521. The Balaban J connectivity index is 3.63. The van der Waals surface area contributed by atoms with E-state index in [0.29, 0.717) is 10.8 Å². The summed E-state index contributed by atoms with van der Waals surface area (Å²) in [7, 11) is -3.72. The van der Waals surface area contributed by atoms with E-state index < -0.39 is 10.0 Å². The Morgan fingerprint density at radius 3 is 1.64 bits per heavy atom. The standard InChI is InChI=1S/C20H34N2O2S/c1-12(2)16(9)21-22-25(23,24)20-18(14(5)6)10-17(13(3)4)11-19(20)15(7)8/h10-15,22H,1-9H3/b21-16+. The first-order valence-corrected chi connectivity index (χ1v) is 10.6. The van der Waals surface area contributed by atoms with Crippen LogP contribution in [0.25, 0.3) is 0 Å². The summed E-state index contributed by atoms with van der Waals surface area (Å²) >= 11 is 0. The number of benzene rings is 1. The van der Waals surface area contributed by atoms with E-state index in [0.717, 1.165) is 16.8 Å². The summed E-state index contributed by atoms with van der Waals surface area (Å²) in [5.74, 6) is 0.761. The zero-order chi connectivity index (χ0) is 19.5. The zero-order valence-electron chi connectivity index (χ0n) is 17.1. The highest BCUT2D eigenvalue weighted by molar-refractivity contribution is 7.89. The van der Waals surface area contributed by atoms with Gasteiger partial charge in [-0.05, 0) is 47.3 Å². The summed E-state index contributed by atoms with van der Waals surface area (Å²) in [6.45, 7) is 18.2. The summed E-state index contributed by atoms with van der Waals surface area (Å²) < 4.78 is 26.1. The minimum absolute atomic E-state index is 0.109. The summed E-state index contributed by atoms with van der Waals surface area (Å²) in [4.78, 5) is 2.85. The Hall–Kier alpha value is -1.36. The van der Waals surface area contributed by atoms with Gasteiger partial charge in [0.15, 0.2) is 0 Å². The second-order valence-corrected chi connectivity index (χ2v) is 9.59. The summed E-state index contributed by atoms with van der Waals surface area (Å²) in [5.41, 5.74) is 3.66. The van der Waals surface area contributed by atoms with Gasteiger partial charge in [-0.3, -0.25) is 0 Å². The predicted octanol–water partition coefficient (Wildman–Crippen LogP) is 5.37. The molecule has 25 heavy (non-hydrogen) atoms. The number of nitrogens with one attached hydrogen (secondary N) is 1. The normalized spacial score (nSPS) is 13.4. The molecule has 0 aliphatic heterocycles. The smallest absolute Gasteiger partial charge is 0.200 e. The lowest BCUT2D eigenvalue weighted by Gasteiger charge is -2.22. The van der Waals surface area contributed by atoms with Crippen molar-refractivity contribution < 1.29 is 8.42 Å². The summed E-state index contributed by atoms with van der Waals surface area (Å²) in [6, 6.07) is 4.07. The first-order valence-electron chi connectivity index (χ1n) is 9.12. The van der Waals surface area contributed by atoms with E-state index in [4.69, 9.17) is 0 Å². The fourth-order valence-electron chi connectivity index (χ4n) is 2.51. The van der Waals surface area contributed by atoms with Gasteiger partial charge in [-0.15, -0.1) is 0 Å². The minimum atomic E-state index is -3.72. The SMILES string of the molecule is C/C(=N\NS(=O)(=O)c1c(C(C)C)cc(C(C)C)cc1C(C)C)C(C)C. The zero-order valence-corrected chi connectivity index (χ0v) is 18.0. The van der Waals surface area contributed by atoms with Crippen molar-refractivity contribution in [1.29, 1.82) is 0 Å². The molecule has 0 saturated heterocycles. The Kier molecular flexibility index (Phi) is 7.24. The number of nitrogens with zero attached hydrogens (tertiary/aromatic N) is 1. The monoisotopic (exact) mass is 366 g/mol. The van der Waals surface area contributed by atoms with Gasteiger partial charge in [0, 0.05) is 5.71 Å². The second-order valence-electron chi connectivity index (χ2n) is 8.00. The van der Waals surface area contributed by atoms with Gasteiger partial charge in [-0.25, -0.2) is 4.83 Å². The van der Waals surface area contributed by atoms with Crippen molar-refractivity contribution in [2.45, 2.75) is 85.0 Å². The van der Waals surface area contributed by atoms with E-state index in [9.17, 15) is 8.42 Å². The highest BCUT2D eigenvalue weighted by atomic mass is 32.2. The van der Waals surface area contributed by atoms with Crippen molar-refractivity contribution in [1.82, 2.24) is 4.83 Å². The fourth-order valence-corrected chi connectivity index (χ4v) is 4.07. The number of hydrogen-bond acceptors (Lipinski definition) is 3. The summed E-state index contributed by atoms with van der Waals surface area (Å²) in [5, 5.41) is 4.11. The van der Waals surface area contributed by atoms with Gasteiger partial charge >= 0.3 is 0 Å². The van der Waals surface area contributed by atoms with E-state index in [1.54, 1.807) is 0 Å². The molecule has 1 rings (SSSR count). The van der Waals surface area contributed by atoms with Crippen molar-refractivity contribution in [3.63, 3.8) is 0 Å². The maximum atomic E-state index is 13.1. The van der Waals surface area contributed by atoms with Crippen LogP contribution in [0.1, 0.15) is 96.8 Å². The molecule has 0 amide bonds. The van der Waals surface area contributed by atoms with E-state index in [2.05, 4.69) is 23.8 Å². The van der Waals surface area contributed by atoms with Crippen LogP contribution in [0.3, 0.4) is 0 Å². The number of hydrazone groups is 1. The highest BCUT2D eigenvalue weighted by Crippen LogP contribution is 2.35. The molecular formula is C20H34N2O2S. The third-order valence-corrected chi connectivity index (χ3v) is 5.87. The van der Waals surface area contributed by atoms with Crippen molar-refractivity contribution in [2.24, 2.45) is 11.0 Å². The van der Waals surface area contributed by atoms with E-state index in [-0.39, 0.29) is 17.8 Å². The van der Waals surface area contributed by atoms with Crippen LogP contribution in [0.5, 0.6) is 0 Å². The average Bonchev–Trinajstić information content (AvgIpc) is 2.50. The molecule has 0 atom stereocenters. The second kappa shape index (κ2) is 8.35. The van der Waals surface area contributed by atoms with Crippen LogP contribution in [0, 0.1) is 5.92 Å². The fraction of sp³-hybridized carbons (Fsp3) is 0.650. The molecule has 0 aliphatic rings. The molecule has 0 saturated carbocycles. The average molecular weight is 367 g/mol. The van der Waals surface area contributed by atoms with Crippen LogP contribution in [0.4, 0.5) is 0 Å². The number of rotatable bonds is 7. The Labute approximate surface area is 154 Å². The van der Waals surface area contributed by atoms with Crippen LogP contribution in [-0.4, -0.2) is 14.1 Å². The number of sulfonamides is 1. The third kappa shape index (κ3) is 5.30. The minimum Gasteiger partial charge on any atom is -0.200 e. The van der Waals surface area contributed by atoms with Crippen molar-refractivity contribution in [3.05, 3.63) is 28.8 Å². The molecule has 5 heteroatoms. The van der Waals surface area contributed by atoms with E-state index in [1.165, 1.54) is 5.56 Å². The molecule has 0 fully saturated rings. The molecule has 1 N–H and O–H groups in total. The van der Waals surface area contributed by atoms with Gasteiger partial charge in [0.25, 0.3) is 10.0 Å². The van der Waals surface area contributed by atoms with Crippen molar-refractivity contribution >= 4 is 15.7 Å². The molecule has 4 nitrogen and oxygen atoms in total. The summed E-state index contributed by atoms with van der Waals surface area (Å²) in [6.07, 6.45) is 0. The van der Waals surface area contributed by atoms with E-state index in [1.807, 2.05) is 60.6 Å². The molecule has 0 unspecified atom stereocenters. The predicted molar refractivity (Wildman–Crippen MR) is 107 cm³/mol. The van der Waals surface area contributed by atoms with Crippen LogP contribution in [-0.2, 0) is 10.0 Å². The molecule has 0 radical (unpaired) electrons. The molecule has 0 aromatic heterocycles. The third-order valence-electron chi connectivity index (χ3n) is 4.53. The Morgan fingerprint density at radius 2 is 1.32 bits per heavy atom. The first-order chi connectivity index (χ1) is 11.4. The van der Waals surface area contributed by atoms with Crippen molar-refractivity contribution in [3.8, 4) is 0 Å². The van der Waals surface area contributed by atoms with Gasteiger partial charge in [-0.1, -0.05) is 67.5 Å². The van der Waals surface area contributed by atoms with Crippen LogP contribution >= 0.6 is 0 Å². The van der Waals surface area contributed by atoms with Crippen molar-refractivity contribution in [2.75, 3.05) is 0 Å². The van der Waals surface area contributed by atoms with Crippen LogP contribution < -0.4 is 4.83 Å². The number of hydrogen-bond donors (Lipinski definition) is 1. The topological polar surface area (TPSA) is 58.5 Å². The molecule has 0 bridgehead atoms. The lowest BCUT2D eigenvalue weighted by atomic mass is 9.89. The van der Waals surface area contributed by atoms with Gasteiger partial charge in [0.05, 0.1) is 4.90 Å². The van der Waals surface area contributed by atoms with Gasteiger partial charge in [0.2, 0.25) is 0 Å². The lowest BCUT2D eigenvalue weighted by Crippen LogP contribution is -2.24. The molecule has 0 aliphatic carbocycles. The maximum absolute atomic E-state index is 13.1. The highest BCUT2D eigenvalue weighted by Gasteiger charge is 2.26. The molecule has 1 aromatic rings. The lowest BCUT2D eigenvalue weighted by molar-refractivity contribution is 0.578. The Morgan fingerprint density at radius 1 is 0.880 bits per heavy atom. The molecule has 0 spiro atoms. The maximum Gasteiger partial charge on any atom is 0.277 e. The molecular weight excluding hydrogens is 332 g/mol. The van der Waals surface area contributed by atoms with E-state index >= 15 is 0 Å². The Bertz CT molecular complexity index is 701. The molecule has 142 valence electrons. The van der Waals surface area contributed by atoms with Crippen LogP contribution in [0.2, 0.25) is 0 Å². The van der Waals surface area contributed by atoms with Gasteiger partial charge < -0.3 is 0 Å². The van der Waals surface area contributed by atoms with Gasteiger partial charge in [0.1, 0.15) is 0 Å². The van der Waals surface area contributed by atoms with Gasteiger partial charge in [-0.2, -0.15) is 13.5 Å².